The lowest BCUT2D eigenvalue weighted by atomic mass is 10.0. The number of nitrogens with zero attached hydrogens (tertiary/aromatic N) is 1. The van der Waals surface area contributed by atoms with Crippen LogP contribution in [-0.2, 0) is 9.53 Å². The number of carbonyl (C=O) groups excluding carboxylic acids is 3. The normalized spacial score (nSPS) is 16.0. The fourth-order valence-corrected chi connectivity index (χ4v) is 4.06. The lowest BCUT2D eigenvalue weighted by molar-refractivity contribution is -0.138. The first-order chi connectivity index (χ1) is 14.8. The summed E-state index contributed by atoms with van der Waals surface area (Å²) in [6, 6.07) is 13.3. The molecule has 9 heteroatoms. The monoisotopic (exact) mass is 476 g/mol. The van der Waals surface area contributed by atoms with Crippen molar-refractivity contribution in [2.24, 2.45) is 0 Å². The third-order valence-corrected chi connectivity index (χ3v) is 6.12. The van der Waals surface area contributed by atoms with Crippen molar-refractivity contribution < 1.29 is 19.1 Å². The van der Waals surface area contributed by atoms with Crippen molar-refractivity contribution >= 4 is 69.2 Å². The molecule has 1 aromatic heterocycles. The molecule has 1 N–H and O–H groups in total. The van der Waals surface area contributed by atoms with Crippen LogP contribution in [0.15, 0.2) is 58.6 Å². The van der Waals surface area contributed by atoms with Crippen molar-refractivity contribution in [2.75, 3.05) is 5.32 Å². The van der Waals surface area contributed by atoms with Crippen LogP contribution in [0.3, 0.4) is 0 Å². The van der Waals surface area contributed by atoms with Gasteiger partial charge in [0.1, 0.15) is 11.1 Å². The van der Waals surface area contributed by atoms with Crippen LogP contribution in [0.4, 0.5) is 10.5 Å². The summed E-state index contributed by atoms with van der Waals surface area (Å²) in [6.45, 7) is 1.68. The molecular formula is C22H15Cl3N2O4. The number of nitrogens with one attached hydrogen (secondary N) is 1. The fraction of sp³-hybridized carbons (Fsp3) is 0.136. The van der Waals surface area contributed by atoms with Crippen molar-refractivity contribution in [3.8, 4) is 0 Å². The van der Waals surface area contributed by atoms with Crippen LogP contribution in [0.25, 0.3) is 10.9 Å². The minimum atomic E-state index is -0.946. The maximum atomic E-state index is 13.2. The first-order valence-corrected chi connectivity index (χ1v) is 10.4. The number of carbonyl (C=O) groups is 3. The molecule has 3 aromatic rings. The number of rotatable bonds is 4. The lowest BCUT2D eigenvalue weighted by Crippen LogP contribution is -2.21. The number of aromatic nitrogens is 1. The van der Waals surface area contributed by atoms with E-state index in [2.05, 4.69) is 5.32 Å². The molecule has 0 spiro atoms. The fourth-order valence-electron chi connectivity index (χ4n) is 3.57. The molecule has 158 valence electrons. The zero-order valence-electron chi connectivity index (χ0n) is 16.1. The van der Waals surface area contributed by atoms with Crippen LogP contribution < -0.4 is 5.32 Å². The second-order valence-electron chi connectivity index (χ2n) is 6.93. The van der Waals surface area contributed by atoms with Gasteiger partial charge in [-0.15, -0.1) is 0 Å². The zero-order valence-corrected chi connectivity index (χ0v) is 18.4. The summed E-state index contributed by atoms with van der Waals surface area (Å²) < 4.78 is 6.51. The molecule has 1 unspecified atom stereocenters. The van der Waals surface area contributed by atoms with E-state index < -0.39 is 18.1 Å². The number of anilines is 1. The second-order valence-corrected chi connectivity index (χ2v) is 8.15. The summed E-state index contributed by atoms with van der Waals surface area (Å²) in [5.41, 5.74) is 1.93. The number of hydrogen-bond acceptors (Lipinski definition) is 4. The Balaban J connectivity index is 1.70. The number of Topliss-reactive ketones (excluding diaryl/α,β-unsaturated/α-hetero) is 1. The highest BCUT2D eigenvalue weighted by atomic mass is 35.5. The van der Waals surface area contributed by atoms with E-state index in [1.54, 1.807) is 55.5 Å². The molecule has 2 aromatic carbocycles. The van der Waals surface area contributed by atoms with E-state index in [-0.39, 0.29) is 22.3 Å². The minimum Gasteiger partial charge on any atom is -0.452 e. The van der Waals surface area contributed by atoms with Crippen LogP contribution in [0.1, 0.15) is 22.5 Å². The third kappa shape index (κ3) is 3.94. The molecule has 31 heavy (non-hydrogen) atoms. The molecule has 0 radical (unpaired) electrons. The molecule has 4 rings (SSSR count). The Morgan fingerprint density at radius 3 is 2.39 bits per heavy atom. The Morgan fingerprint density at radius 1 is 1.06 bits per heavy atom. The molecule has 1 amide bonds. The van der Waals surface area contributed by atoms with Gasteiger partial charge in [-0.1, -0.05) is 53.0 Å². The maximum absolute atomic E-state index is 13.2. The third-order valence-electron chi connectivity index (χ3n) is 4.98. The largest absolute Gasteiger partial charge is 0.452 e. The standard InChI is InChI=1S/C22H15Cl3N2O4/c1-11-18(16(28)10-17-19(24)20(25)21(29)31-17)14-4-2-3-5-15(14)27(11)22(30)26-13-8-6-12(23)7-9-13/h2-9,17H,10H2,1H3,(H,26,30). The first kappa shape index (κ1) is 21.4. The number of benzene rings is 2. The lowest BCUT2D eigenvalue weighted by Gasteiger charge is -2.11. The van der Waals surface area contributed by atoms with Crippen LogP contribution in [0.5, 0.6) is 0 Å². The predicted octanol–water partition coefficient (Wildman–Crippen LogP) is 5.87. The predicted molar refractivity (Wildman–Crippen MR) is 120 cm³/mol. The number of cyclic esters (lactones) is 1. The number of amides is 1. The summed E-state index contributed by atoms with van der Waals surface area (Å²) >= 11 is 17.7. The van der Waals surface area contributed by atoms with Gasteiger partial charge in [0.15, 0.2) is 5.78 Å². The number of esters is 1. The van der Waals surface area contributed by atoms with Crippen LogP contribution in [0.2, 0.25) is 5.02 Å². The van der Waals surface area contributed by atoms with E-state index in [9.17, 15) is 14.4 Å². The van der Waals surface area contributed by atoms with Gasteiger partial charge in [0, 0.05) is 27.4 Å². The number of ether oxygens (including phenoxy) is 1. The van der Waals surface area contributed by atoms with E-state index in [4.69, 9.17) is 39.5 Å². The van der Waals surface area contributed by atoms with Crippen molar-refractivity contribution in [3.63, 3.8) is 0 Å². The number of hydrogen-bond donors (Lipinski definition) is 1. The van der Waals surface area contributed by atoms with Gasteiger partial charge < -0.3 is 10.1 Å². The summed E-state index contributed by atoms with van der Waals surface area (Å²) in [4.78, 5) is 37.8. The molecule has 0 aliphatic carbocycles. The van der Waals surface area contributed by atoms with Gasteiger partial charge in [-0.05, 0) is 37.3 Å². The van der Waals surface area contributed by atoms with Crippen molar-refractivity contribution in [1.82, 2.24) is 4.57 Å². The SMILES string of the molecule is Cc1c(C(=O)CC2OC(=O)C(Cl)=C2Cl)c2ccccc2n1C(=O)Nc1ccc(Cl)cc1. The molecule has 6 nitrogen and oxygen atoms in total. The Labute approximate surface area is 192 Å². The molecule has 0 fully saturated rings. The first-order valence-electron chi connectivity index (χ1n) is 9.24. The average molecular weight is 478 g/mol. The van der Waals surface area contributed by atoms with Gasteiger partial charge in [-0.25, -0.2) is 9.59 Å². The summed E-state index contributed by atoms with van der Waals surface area (Å²) in [5, 5.41) is 3.73. The summed E-state index contributed by atoms with van der Waals surface area (Å²) in [7, 11) is 0. The van der Waals surface area contributed by atoms with Gasteiger partial charge in [-0.2, -0.15) is 0 Å². The molecule has 0 saturated heterocycles. The molecule has 2 heterocycles. The molecule has 0 saturated carbocycles. The Kier molecular flexibility index (Phi) is 5.79. The smallest absolute Gasteiger partial charge is 0.351 e. The van der Waals surface area contributed by atoms with Gasteiger partial charge in [0.25, 0.3) is 0 Å². The van der Waals surface area contributed by atoms with Gasteiger partial charge in [0.2, 0.25) is 0 Å². The number of ketones is 1. The van der Waals surface area contributed by atoms with Crippen molar-refractivity contribution in [1.29, 1.82) is 0 Å². The average Bonchev–Trinajstić information content (AvgIpc) is 3.17. The van der Waals surface area contributed by atoms with Gasteiger partial charge >= 0.3 is 12.0 Å². The van der Waals surface area contributed by atoms with E-state index >= 15 is 0 Å². The Morgan fingerprint density at radius 2 is 1.74 bits per heavy atom. The highest BCUT2D eigenvalue weighted by molar-refractivity contribution is 6.48. The Bertz CT molecular complexity index is 1260. The minimum absolute atomic E-state index is 0.00175. The van der Waals surface area contributed by atoms with E-state index in [1.807, 2.05) is 0 Å². The van der Waals surface area contributed by atoms with E-state index in [1.165, 1.54) is 4.57 Å². The van der Waals surface area contributed by atoms with Gasteiger partial charge in [-0.3, -0.25) is 9.36 Å². The highest BCUT2D eigenvalue weighted by Gasteiger charge is 2.35. The molecule has 0 bridgehead atoms. The van der Waals surface area contributed by atoms with Crippen molar-refractivity contribution in [2.45, 2.75) is 19.4 Å². The molecule has 1 aliphatic rings. The van der Waals surface area contributed by atoms with Gasteiger partial charge in [0.05, 0.1) is 17.0 Å². The molecule has 1 atom stereocenters. The van der Waals surface area contributed by atoms with Crippen LogP contribution in [0, 0.1) is 6.92 Å². The number of para-hydroxylation sites is 1. The van der Waals surface area contributed by atoms with Crippen molar-refractivity contribution in [3.05, 3.63) is 74.9 Å². The zero-order chi connectivity index (χ0) is 22.3. The van der Waals surface area contributed by atoms with E-state index in [0.717, 1.165) is 0 Å². The summed E-state index contributed by atoms with van der Waals surface area (Å²) in [5.74, 6) is -1.08. The Hall–Kier alpha value is -2.80. The quantitative estimate of drug-likeness (QED) is 0.376. The molecule has 1 aliphatic heterocycles. The summed E-state index contributed by atoms with van der Waals surface area (Å²) in [6.07, 6.45) is -1.13. The maximum Gasteiger partial charge on any atom is 0.351 e. The second kappa shape index (κ2) is 8.38. The highest BCUT2D eigenvalue weighted by Crippen LogP contribution is 2.33. The van der Waals surface area contributed by atoms with E-state index in [0.29, 0.717) is 32.9 Å². The topological polar surface area (TPSA) is 77.4 Å². The van der Waals surface area contributed by atoms with Crippen LogP contribution in [-0.4, -0.2) is 28.5 Å². The number of halogens is 3. The number of fused-ring (bicyclic) bond motifs is 1. The molecular weight excluding hydrogens is 463 g/mol. The van der Waals surface area contributed by atoms with Crippen LogP contribution >= 0.6 is 34.8 Å².